The Bertz CT molecular complexity index is 130. The second kappa shape index (κ2) is 4.54. The van der Waals surface area contributed by atoms with Crippen molar-refractivity contribution in [2.24, 2.45) is 0 Å². The molecule has 0 heterocycles. The van der Waals surface area contributed by atoms with Crippen molar-refractivity contribution in [1.82, 2.24) is 0 Å². The van der Waals surface area contributed by atoms with Crippen LogP contribution in [0.1, 0.15) is 33.6 Å². The van der Waals surface area contributed by atoms with Gasteiger partial charge >= 0.3 is 5.97 Å². The standard InChI is InChI=1S/C8H18O2Si/c1-4-8(11,5-2)7(9)10-6-3/h4-6H2,1-3,11H3. The summed E-state index contributed by atoms with van der Waals surface area (Å²) >= 11 is 0. The van der Waals surface area contributed by atoms with Gasteiger partial charge in [-0.2, -0.15) is 0 Å². The highest BCUT2D eigenvalue weighted by Crippen LogP contribution is 2.31. The number of hydrogen-bond donors (Lipinski definition) is 0. The minimum absolute atomic E-state index is 0.00309. The summed E-state index contributed by atoms with van der Waals surface area (Å²) in [7, 11) is 0.893. The van der Waals surface area contributed by atoms with E-state index >= 15 is 0 Å². The predicted molar refractivity (Wildman–Crippen MR) is 49.8 cm³/mol. The molecule has 0 saturated heterocycles. The van der Waals surface area contributed by atoms with Crippen molar-refractivity contribution in [3.63, 3.8) is 0 Å². The molecule has 0 aromatic carbocycles. The van der Waals surface area contributed by atoms with Gasteiger partial charge in [-0.05, 0) is 19.8 Å². The maximum atomic E-state index is 11.3. The summed E-state index contributed by atoms with van der Waals surface area (Å²) in [5.41, 5.74) is 0. The number of ether oxygens (including phenoxy) is 1. The lowest BCUT2D eigenvalue weighted by Crippen LogP contribution is -2.25. The minimum Gasteiger partial charge on any atom is -0.466 e. The molecule has 0 unspecified atom stereocenters. The van der Waals surface area contributed by atoms with E-state index in [-0.39, 0.29) is 11.0 Å². The zero-order chi connectivity index (χ0) is 8.91. The quantitative estimate of drug-likeness (QED) is 0.467. The van der Waals surface area contributed by atoms with Gasteiger partial charge in [0, 0.05) is 10.2 Å². The summed E-state index contributed by atoms with van der Waals surface area (Å²) in [6.45, 7) is 6.45. The largest absolute Gasteiger partial charge is 0.466 e. The summed E-state index contributed by atoms with van der Waals surface area (Å²) < 4.78 is 4.98. The number of rotatable bonds is 4. The van der Waals surface area contributed by atoms with Crippen LogP contribution >= 0.6 is 0 Å². The molecule has 3 heteroatoms. The molecule has 0 aliphatic carbocycles. The fraction of sp³-hybridized carbons (Fsp3) is 0.875. The third-order valence-corrected chi connectivity index (χ3v) is 4.15. The lowest BCUT2D eigenvalue weighted by molar-refractivity contribution is -0.147. The van der Waals surface area contributed by atoms with Gasteiger partial charge in [0.2, 0.25) is 0 Å². The SMILES string of the molecule is CCOC(=O)C([SiH3])(CC)CC. The van der Waals surface area contributed by atoms with Gasteiger partial charge < -0.3 is 4.74 Å². The monoisotopic (exact) mass is 174 g/mol. The highest BCUT2D eigenvalue weighted by atomic mass is 28.1. The van der Waals surface area contributed by atoms with Crippen molar-refractivity contribution in [2.45, 2.75) is 38.7 Å². The second-order valence-electron chi connectivity index (χ2n) is 2.99. The predicted octanol–water partition coefficient (Wildman–Crippen LogP) is 0.894. The van der Waals surface area contributed by atoms with Crippen LogP contribution in [0.2, 0.25) is 5.04 Å². The van der Waals surface area contributed by atoms with Crippen LogP contribution in [0.4, 0.5) is 0 Å². The molecule has 11 heavy (non-hydrogen) atoms. The van der Waals surface area contributed by atoms with Crippen LogP contribution in [0.3, 0.4) is 0 Å². The van der Waals surface area contributed by atoms with Gasteiger partial charge in [0.1, 0.15) is 0 Å². The van der Waals surface area contributed by atoms with E-state index in [2.05, 4.69) is 0 Å². The molecule has 0 fully saturated rings. The topological polar surface area (TPSA) is 26.3 Å². The summed E-state index contributed by atoms with van der Waals surface area (Å²) in [4.78, 5) is 11.3. The van der Waals surface area contributed by atoms with Crippen molar-refractivity contribution in [2.75, 3.05) is 6.61 Å². The molecule has 0 radical (unpaired) electrons. The van der Waals surface area contributed by atoms with Gasteiger partial charge in [-0.25, -0.2) is 0 Å². The Morgan fingerprint density at radius 2 is 1.82 bits per heavy atom. The van der Waals surface area contributed by atoms with Crippen molar-refractivity contribution >= 4 is 16.2 Å². The van der Waals surface area contributed by atoms with Crippen molar-refractivity contribution in [3.8, 4) is 0 Å². The van der Waals surface area contributed by atoms with E-state index in [0.29, 0.717) is 6.61 Å². The average Bonchev–Trinajstić information content (AvgIpc) is 2.03. The molecule has 0 aliphatic rings. The third-order valence-electron chi connectivity index (χ3n) is 2.33. The molecule has 0 bridgehead atoms. The molecule has 2 nitrogen and oxygen atoms in total. The third kappa shape index (κ3) is 2.65. The van der Waals surface area contributed by atoms with Crippen LogP contribution in [-0.4, -0.2) is 22.8 Å². The zero-order valence-corrected chi connectivity index (χ0v) is 9.94. The van der Waals surface area contributed by atoms with Gasteiger partial charge in [-0.15, -0.1) is 0 Å². The Kier molecular flexibility index (Phi) is 4.41. The molecular formula is C8H18O2Si. The van der Waals surface area contributed by atoms with Crippen molar-refractivity contribution < 1.29 is 9.53 Å². The molecule has 0 N–H and O–H groups in total. The second-order valence-corrected chi connectivity index (χ2v) is 4.90. The van der Waals surface area contributed by atoms with Crippen LogP contribution in [0.5, 0.6) is 0 Å². The molecule has 0 aliphatic heterocycles. The lowest BCUT2D eigenvalue weighted by atomic mass is 10.0. The average molecular weight is 174 g/mol. The first kappa shape index (κ1) is 10.7. The Hall–Kier alpha value is -0.313. The van der Waals surface area contributed by atoms with E-state index in [1.807, 2.05) is 20.8 Å². The fourth-order valence-electron chi connectivity index (χ4n) is 0.844. The number of hydrogen-bond acceptors (Lipinski definition) is 2. The van der Waals surface area contributed by atoms with Gasteiger partial charge in [0.15, 0.2) is 0 Å². The van der Waals surface area contributed by atoms with Crippen LogP contribution < -0.4 is 0 Å². The first-order valence-corrected chi connectivity index (χ1v) is 5.28. The molecule has 0 amide bonds. The highest BCUT2D eigenvalue weighted by Gasteiger charge is 2.30. The summed E-state index contributed by atoms with van der Waals surface area (Å²) in [5, 5.41) is -0.129. The first-order chi connectivity index (χ1) is 5.10. The number of carbonyl (C=O) groups is 1. The Balaban J connectivity index is 4.12. The molecule has 0 saturated carbocycles. The smallest absolute Gasteiger partial charge is 0.308 e. The van der Waals surface area contributed by atoms with Crippen molar-refractivity contribution in [1.29, 1.82) is 0 Å². The Morgan fingerprint density at radius 3 is 2.09 bits per heavy atom. The fourth-order valence-corrected chi connectivity index (χ4v) is 0.988. The molecule has 0 rings (SSSR count). The zero-order valence-electron chi connectivity index (χ0n) is 7.94. The molecular weight excluding hydrogens is 156 g/mol. The maximum Gasteiger partial charge on any atom is 0.308 e. The van der Waals surface area contributed by atoms with Gasteiger partial charge in [-0.3, -0.25) is 4.79 Å². The van der Waals surface area contributed by atoms with Crippen LogP contribution in [0.15, 0.2) is 0 Å². The first-order valence-electron chi connectivity index (χ1n) is 4.28. The van der Waals surface area contributed by atoms with Gasteiger partial charge in [0.05, 0.1) is 11.6 Å². The van der Waals surface area contributed by atoms with Crippen LogP contribution in [0.25, 0.3) is 0 Å². The molecule has 66 valence electrons. The summed E-state index contributed by atoms with van der Waals surface area (Å²) in [6.07, 6.45) is 1.82. The Morgan fingerprint density at radius 1 is 1.36 bits per heavy atom. The van der Waals surface area contributed by atoms with Crippen molar-refractivity contribution in [3.05, 3.63) is 0 Å². The highest BCUT2D eigenvalue weighted by molar-refractivity contribution is 6.26. The maximum absolute atomic E-state index is 11.3. The van der Waals surface area contributed by atoms with Gasteiger partial charge in [0.25, 0.3) is 0 Å². The van der Waals surface area contributed by atoms with Crippen LogP contribution in [0, 0.1) is 0 Å². The van der Waals surface area contributed by atoms with E-state index in [9.17, 15) is 4.79 Å². The number of carbonyl (C=O) groups excluding carboxylic acids is 1. The normalized spacial score (nSPS) is 11.5. The number of esters is 1. The lowest BCUT2D eigenvalue weighted by Gasteiger charge is -2.23. The minimum atomic E-state index is -0.129. The van der Waals surface area contributed by atoms with Gasteiger partial charge in [-0.1, -0.05) is 13.8 Å². The summed E-state index contributed by atoms with van der Waals surface area (Å²) in [5.74, 6) is -0.00309. The molecule has 0 atom stereocenters. The molecule has 0 aromatic rings. The van der Waals surface area contributed by atoms with E-state index in [0.717, 1.165) is 23.1 Å². The van der Waals surface area contributed by atoms with E-state index in [4.69, 9.17) is 4.74 Å². The summed E-state index contributed by atoms with van der Waals surface area (Å²) in [6, 6.07) is 0. The van der Waals surface area contributed by atoms with Crippen LogP contribution in [-0.2, 0) is 9.53 Å². The molecule has 0 spiro atoms. The molecule has 0 aromatic heterocycles. The van der Waals surface area contributed by atoms with E-state index in [1.165, 1.54) is 0 Å². The van der Waals surface area contributed by atoms with E-state index in [1.54, 1.807) is 0 Å². The Labute approximate surface area is 71.7 Å². The van der Waals surface area contributed by atoms with E-state index < -0.39 is 0 Å².